The van der Waals surface area contributed by atoms with Crippen molar-refractivity contribution in [1.82, 2.24) is 10.2 Å². The van der Waals surface area contributed by atoms with Gasteiger partial charge in [-0.1, -0.05) is 13.8 Å². The predicted molar refractivity (Wildman–Crippen MR) is 73.2 cm³/mol. The normalized spacial score (nSPS) is 11.2. The molecule has 0 spiro atoms. The van der Waals surface area contributed by atoms with Crippen LogP contribution in [0.2, 0.25) is 0 Å². The van der Waals surface area contributed by atoms with E-state index in [0.29, 0.717) is 0 Å². The average Bonchev–Trinajstić information content (AvgIpc) is 2.70. The Kier molecular flexibility index (Phi) is 6.69. The van der Waals surface area contributed by atoms with E-state index in [9.17, 15) is 0 Å². The van der Waals surface area contributed by atoms with Crippen molar-refractivity contribution >= 4 is 11.3 Å². The van der Waals surface area contributed by atoms with Crippen LogP contribution in [-0.4, -0.2) is 31.1 Å². The Balaban J connectivity index is 2.06. The summed E-state index contributed by atoms with van der Waals surface area (Å²) in [6, 6.07) is 0. The van der Waals surface area contributed by atoms with Crippen LogP contribution in [0.3, 0.4) is 0 Å². The van der Waals surface area contributed by atoms with E-state index in [1.807, 2.05) is 0 Å². The van der Waals surface area contributed by atoms with Gasteiger partial charge in [-0.05, 0) is 61.4 Å². The maximum Gasteiger partial charge on any atom is 0.0216 e. The summed E-state index contributed by atoms with van der Waals surface area (Å²) in [5.74, 6) is 0. The highest BCUT2D eigenvalue weighted by atomic mass is 32.1. The van der Waals surface area contributed by atoms with Crippen LogP contribution in [0.25, 0.3) is 0 Å². The Morgan fingerprint density at radius 3 is 2.56 bits per heavy atom. The number of thiophene rings is 1. The smallest absolute Gasteiger partial charge is 0.0216 e. The minimum atomic E-state index is 1.02. The van der Waals surface area contributed by atoms with E-state index >= 15 is 0 Å². The van der Waals surface area contributed by atoms with Gasteiger partial charge in [-0.3, -0.25) is 0 Å². The molecule has 0 unspecified atom stereocenters. The molecule has 0 aliphatic rings. The fourth-order valence-electron chi connectivity index (χ4n) is 1.76. The highest BCUT2D eigenvalue weighted by Gasteiger charge is 2.00. The molecule has 0 fully saturated rings. The molecule has 16 heavy (non-hydrogen) atoms. The van der Waals surface area contributed by atoms with Crippen molar-refractivity contribution < 1.29 is 0 Å². The standard InChI is InChI=1S/C13H24N2S/c1-4-15(5-2)8-6-7-14-9-13-11-16-10-12(13)3/h10-11,14H,4-9H2,1-3H3. The molecule has 3 heteroatoms. The number of aryl methyl sites for hydroxylation is 1. The molecule has 1 heterocycles. The summed E-state index contributed by atoms with van der Waals surface area (Å²) in [5.41, 5.74) is 2.87. The molecule has 0 radical (unpaired) electrons. The maximum absolute atomic E-state index is 3.51. The molecule has 2 nitrogen and oxygen atoms in total. The second-order valence-electron chi connectivity index (χ2n) is 4.14. The molecule has 0 amide bonds. The molecule has 0 aliphatic carbocycles. The quantitative estimate of drug-likeness (QED) is 0.703. The second kappa shape index (κ2) is 7.82. The van der Waals surface area contributed by atoms with Crippen molar-refractivity contribution in [3.63, 3.8) is 0 Å². The van der Waals surface area contributed by atoms with Gasteiger partial charge in [0.05, 0.1) is 0 Å². The van der Waals surface area contributed by atoms with Gasteiger partial charge in [0.15, 0.2) is 0 Å². The predicted octanol–water partition coefficient (Wildman–Crippen LogP) is 2.88. The molecule has 1 N–H and O–H groups in total. The van der Waals surface area contributed by atoms with Crippen LogP contribution in [-0.2, 0) is 6.54 Å². The van der Waals surface area contributed by atoms with Crippen LogP contribution in [0.1, 0.15) is 31.4 Å². The van der Waals surface area contributed by atoms with Gasteiger partial charge in [0.2, 0.25) is 0 Å². The Morgan fingerprint density at radius 2 is 2.00 bits per heavy atom. The van der Waals surface area contributed by atoms with Crippen LogP contribution < -0.4 is 5.32 Å². The average molecular weight is 240 g/mol. The van der Waals surface area contributed by atoms with Crippen molar-refractivity contribution in [2.45, 2.75) is 33.7 Å². The Hall–Kier alpha value is -0.380. The van der Waals surface area contributed by atoms with Crippen molar-refractivity contribution in [1.29, 1.82) is 0 Å². The molecule has 0 atom stereocenters. The largest absolute Gasteiger partial charge is 0.313 e. The number of nitrogens with one attached hydrogen (secondary N) is 1. The van der Waals surface area contributed by atoms with E-state index < -0.39 is 0 Å². The van der Waals surface area contributed by atoms with Gasteiger partial charge in [0.25, 0.3) is 0 Å². The van der Waals surface area contributed by atoms with Gasteiger partial charge < -0.3 is 10.2 Å². The molecule has 0 bridgehead atoms. The summed E-state index contributed by atoms with van der Waals surface area (Å²) in [4.78, 5) is 2.47. The Morgan fingerprint density at radius 1 is 1.25 bits per heavy atom. The van der Waals surface area contributed by atoms with Gasteiger partial charge in [-0.15, -0.1) is 0 Å². The maximum atomic E-state index is 3.51. The van der Waals surface area contributed by atoms with Gasteiger partial charge in [-0.25, -0.2) is 0 Å². The van der Waals surface area contributed by atoms with Crippen LogP contribution >= 0.6 is 11.3 Å². The summed E-state index contributed by atoms with van der Waals surface area (Å²) in [5, 5.41) is 7.97. The molecule has 0 aliphatic heterocycles. The topological polar surface area (TPSA) is 15.3 Å². The van der Waals surface area contributed by atoms with Gasteiger partial charge in [-0.2, -0.15) is 11.3 Å². The third kappa shape index (κ3) is 4.64. The Bertz CT molecular complexity index is 279. The molecular weight excluding hydrogens is 216 g/mol. The summed E-state index contributed by atoms with van der Waals surface area (Å²) >= 11 is 1.79. The second-order valence-corrected chi connectivity index (χ2v) is 4.88. The number of hydrogen-bond donors (Lipinski definition) is 1. The first-order valence-corrected chi connectivity index (χ1v) is 7.17. The highest BCUT2D eigenvalue weighted by Crippen LogP contribution is 2.12. The van der Waals surface area contributed by atoms with E-state index in [1.165, 1.54) is 37.2 Å². The van der Waals surface area contributed by atoms with Crippen LogP contribution in [0.15, 0.2) is 10.8 Å². The van der Waals surface area contributed by atoms with E-state index in [4.69, 9.17) is 0 Å². The molecule has 1 aromatic heterocycles. The lowest BCUT2D eigenvalue weighted by Crippen LogP contribution is -2.27. The first-order chi connectivity index (χ1) is 7.77. The molecule has 92 valence electrons. The van der Waals surface area contributed by atoms with Crippen LogP contribution in [0.5, 0.6) is 0 Å². The molecule has 1 rings (SSSR count). The van der Waals surface area contributed by atoms with E-state index in [1.54, 1.807) is 11.3 Å². The molecule has 0 saturated heterocycles. The van der Waals surface area contributed by atoms with Gasteiger partial charge >= 0.3 is 0 Å². The summed E-state index contributed by atoms with van der Waals surface area (Å²) in [6.07, 6.45) is 1.24. The van der Waals surface area contributed by atoms with E-state index in [0.717, 1.165) is 13.1 Å². The van der Waals surface area contributed by atoms with Crippen molar-refractivity contribution in [3.05, 3.63) is 21.9 Å². The number of nitrogens with zero attached hydrogens (tertiary/aromatic N) is 1. The van der Waals surface area contributed by atoms with Crippen molar-refractivity contribution in [2.75, 3.05) is 26.2 Å². The van der Waals surface area contributed by atoms with Gasteiger partial charge in [0.1, 0.15) is 0 Å². The number of rotatable bonds is 8. The monoisotopic (exact) mass is 240 g/mol. The summed E-state index contributed by atoms with van der Waals surface area (Å²) in [6.45, 7) is 12.3. The third-order valence-electron chi connectivity index (χ3n) is 3.00. The van der Waals surface area contributed by atoms with Crippen molar-refractivity contribution in [2.24, 2.45) is 0 Å². The summed E-state index contributed by atoms with van der Waals surface area (Å²) < 4.78 is 0. The molecular formula is C13H24N2S. The zero-order valence-electron chi connectivity index (χ0n) is 10.8. The molecule has 0 aromatic carbocycles. The lowest BCUT2D eigenvalue weighted by atomic mass is 10.2. The fourth-order valence-corrected chi connectivity index (χ4v) is 2.62. The van der Waals surface area contributed by atoms with E-state index in [-0.39, 0.29) is 0 Å². The molecule has 1 aromatic rings. The highest BCUT2D eigenvalue weighted by molar-refractivity contribution is 7.08. The fraction of sp³-hybridized carbons (Fsp3) is 0.692. The summed E-state index contributed by atoms with van der Waals surface area (Å²) in [7, 11) is 0. The molecule has 0 saturated carbocycles. The van der Waals surface area contributed by atoms with Crippen LogP contribution in [0, 0.1) is 6.92 Å². The first kappa shape index (κ1) is 13.7. The zero-order chi connectivity index (χ0) is 11.8. The van der Waals surface area contributed by atoms with Crippen LogP contribution in [0.4, 0.5) is 0 Å². The lowest BCUT2D eigenvalue weighted by molar-refractivity contribution is 0.298. The first-order valence-electron chi connectivity index (χ1n) is 6.22. The SMILES string of the molecule is CCN(CC)CCCNCc1cscc1C. The van der Waals surface area contributed by atoms with Crippen molar-refractivity contribution in [3.8, 4) is 0 Å². The zero-order valence-corrected chi connectivity index (χ0v) is 11.6. The van der Waals surface area contributed by atoms with E-state index in [2.05, 4.69) is 41.7 Å². The minimum Gasteiger partial charge on any atom is -0.313 e. The minimum absolute atomic E-state index is 1.02. The number of hydrogen-bond acceptors (Lipinski definition) is 3. The Labute approximate surface area is 104 Å². The third-order valence-corrected chi connectivity index (χ3v) is 3.91. The lowest BCUT2D eigenvalue weighted by Gasteiger charge is -2.17. The van der Waals surface area contributed by atoms with Gasteiger partial charge in [0, 0.05) is 6.54 Å².